The zero-order valence-corrected chi connectivity index (χ0v) is 26.8. The summed E-state index contributed by atoms with van der Waals surface area (Å²) < 4.78 is 6.72. The number of hydrogen-bond donors (Lipinski definition) is 0. The first kappa shape index (κ1) is 28.3. The van der Waals surface area contributed by atoms with Gasteiger partial charge in [0.1, 0.15) is 11.2 Å². The van der Waals surface area contributed by atoms with Crippen LogP contribution in [0.5, 0.6) is 0 Å². The van der Waals surface area contributed by atoms with E-state index in [1.165, 1.54) is 38.2 Å². The van der Waals surface area contributed by atoms with Crippen molar-refractivity contribution in [3.05, 3.63) is 174 Å². The van der Waals surface area contributed by atoms with Crippen LogP contribution in [0.3, 0.4) is 0 Å². The van der Waals surface area contributed by atoms with E-state index in [4.69, 9.17) is 4.42 Å². The summed E-state index contributed by atoms with van der Waals surface area (Å²) in [5.74, 6) is 0. The van der Waals surface area contributed by atoms with Gasteiger partial charge in [-0.2, -0.15) is 0 Å². The van der Waals surface area contributed by atoms with E-state index in [2.05, 4.69) is 115 Å². The monoisotopic (exact) mass is 641 g/mol. The lowest BCUT2D eigenvalue weighted by Gasteiger charge is -2.17. The third-order valence-corrected chi connectivity index (χ3v) is 10.1. The smallest absolute Gasteiger partial charge is 0.284 e. The van der Waals surface area contributed by atoms with Crippen molar-refractivity contribution in [3.63, 3.8) is 0 Å². The standard InChI is InChI=1S/C46H27NO3/c48-47(49)45-36-21-10-8-19-34(36)44(35-20-9-11-22-37(35)45)39-24-12-23-38-40-27-29(25-26-41(40)50-46(38)39)43-32-17-6-4-15-30(32)42(28-13-2-1-3-14-28)31-16-5-7-18-33(31)43/h1-27H. The number of para-hydroxylation sites is 1. The number of hydrogen-bond acceptors (Lipinski definition) is 3. The fraction of sp³-hybridized carbons (Fsp3) is 0. The molecule has 0 N–H and O–H groups in total. The Morgan fingerprint density at radius 1 is 0.400 bits per heavy atom. The van der Waals surface area contributed by atoms with Crippen LogP contribution in [0.1, 0.15) is 0 Å². The van der Waals surface area contributed by atoms with E-state index in [0.717, 1.165) is 49.4 Å². The van der Waals surface area contributed by atoms with Crippen LogP contribution in [0.25, 0.3) is 98.4 Å². The molecule has 0 saturated carbocycles. The Kier molecular flexibility index (Phi) is 6.14. The average Bonchev–Trinajstić information content (AvgIpc) is 3.54. The Labute approximate surface area is 286 Å². The second-order valence-corrected chi connectivity index (χ2v) is 12.8. The molecule has 234 valence electrons. The van der Waals surface area contributed by atoms with Crippen molar-refractivity contribution >= 4 is 70.7 Å². The largest absolute Gasteiger partial charge is 0.455 e. The van der Waals surface area contributed by atoms with Gasteiger partial charge in [0, 0.05) is 21.9 Å². The zero-order chi connectivity index (χ0) is 33.3. The molecule has 1 heterocycles. The highest BCUT2D eigenvalue weighted by molar-refractivity contribution is 6.24. The minimum atomic E-state index is -0.266. The molecule has 0 aliphatic carbocycles. The Morgan fingerprint density at radius 3 is 1.40 bits per heavy atom. The lowest BCUT2D eigenvalue weighted by molar-refractivity contribution is -0.381. The number of rotatable bonds is 4. The van der Waals surface area contributed by atoms with E-state index in [-0.39, 0.29) is 10.6 Å². The van der Waals surface area contributed by atoms with Gasteiger partial charge in [0.15, 0.2) is 0 Å². The third kappa shape index (κ3) is 4.06. The lowest BCUT2D eigenvalue weighted by atomic mass is 9.85. The number of furan rings is 1. The second kappa shape index (κ2) is 10.9. The van der Waals surface area contributed by atoms with Crippen molar-refractivity contribution in [1.29, 1.82) is 0 Å². The Morgan fingerprint density at radius 2 is 0.860 bits per heavy atom. The predicted molar refractivity (Wildman–Crippen MR) is 207 cm³/mol. The predicted octanol–water partition coefficient (Wildman–Crippen LogP) is 13.1. The molecule has 0 fully saturated rings. The van der Waals surface area contributed by atoms with Crippen molar-refractivity contribution in [1.82, 2.24) is 0 Å². The molecule has 0 bridgehead atoms. The first-order chi connectivity index (χ1) is 24.7. The topological polar surface area (TPSA) is 56.3 Å². The molecule has 0 radical (unpaired) electrons. The van der Waals surface area contributed by atoms with Crippen LogP contribution in [0.4, 0.5) is 5.69 Å². The summed E-state index contributed by atoms with van der Waals surface area (Å²) in [4.78, 5) is 12.1. The zero-order valence-electron chi connectivity index (χ0n) is 26.8. The molecule has 0 atom stereocenters. The molecular weight excluding hydrogens is 615 g/mol. The molecule has 1 aromatic heterocycles. The van der Waals surface area contributed by atoms with Crippen LogP contribution in [0, 0.1) is 10.1 Å². The first-order valence-corrected chi connectivity index (χ1v) is 16.7. The number of benzene rings is 9. The normalized spacial score (nSPS) is 11.8. The number of non-ortho nitro benzene ring substituents is 1. The van der Waals surface area contributed by atoms with Gasteiger partial charge < -0.3 is 4.42 Å². The second-order valence-electron chi connectivity index (χ2n) is 12.8. The fourth-order valence-corrected chi connectivity index (χ4v) is 8.10. The van der Waals surface area contributed by atoms with Crippen LogP contribution in [-0.4, -0.2) is 4.92 Å². The molecule has 0 unspecified atom stereocenters. The highest BCUT2D eigenvalue weighted by Gasteiger charge is 2.24. The molecule has 9 aromatic carbocycles. The number of fused-ring (bicyclic) bond motifs is 7. The van der Waals surface area contributed by atoms with Crippen LogP contribution in [-0.2, 0) is 0 Å². The molecule has 0 aliphatic rings. The van der Waals surface area contributed by atoms with E-state index >= 15 is 0 Å². The first-order valence-electron chi connectivity index (χ1n) is 16.7. The maximum atomic E-state index is 12.4. The Bertz CT molecular complexity index is 2900. The summed E-state index contributed by atoms with van der Waals surface area (Å²) in [5.41, 5.74) is 8.26. The van der Waals surface area contributed by atoms with E-state index in [0.29, 0.717) is 10.8 Å². The van der Waals surface area contributed by atoms with Gasteiger partial charge in [0.05, 0.1) is 15.7 Å². The third-order valence-electron chi connectivity index (χ3n) is 10.1. The lowest BCUT2D eigenvalue weighted by Crippen LogP contribution is -1.94. The highest BCUT2D eigenvalue weighted by atomic mass is 16.6. The summed E-state index contributed by atoms with van der Waals surface area (Å²) in [5, 5.41) is 22.1. The van der Waals surface area contributed by atoms with E-state index in [1.54, 1.807) is 0 Å². The number of nitrogens with zero attached hydrogens (tertiary/aromatic N) is 1. The van der Waals surface area contributed by atoms with Gasteiger partial charge in [-0.3, -0.25) is 10.1 Å². The quantitative estimate of drug-likeness (QED) is 0.109. The van der Waals surface area contributed by atoms with Gasteiger partial charge in [-0.25, -0.2) is 0 Å². The van der Waals surface area contributed by atoms with E-state index in [9.17, 15) is 10.1 Å². The highest BCUT2D eigenvalue weighted by Crippen LogP contribution is 2.48. The molecule has 50 heavy (non-hydrogen) atoms. The summed E-state index contributed by atoms with van der Waals surface area (Å²) in [6.07, 6.45) is 0. The minimum absolute atomic E-state index is 0.124. The Hall–Kier alpha value is -6.78. The van der Waals surface area contributed by atoms with Crippen LogP contribution >= 0.6 is 0 Å². The maximum Gasteiger partial charge on any atom is 0.284 e. The number of nitro groups is 1. The van der Waals surface area contributed by atoms with Crippen molar-refractivity contribution < 1.29 is 9.34 Å². The SMILES string of the molecule is O=[N+]([O-])c1c2ccccc2c(-c2cccc3c2oc2ccc(-c4c5ccccc5c(-c5ccccc5)c5ccccc45)cc23)c2ccccc12. The van der Waals surface area contributed by atoms with Gasteiger partial charge in [-0.15, -0.1) is 0 Å². The summed E-state index contributed by atoms with van der Waals surface area (Å²) in [6.45, 7) is 0. The van der Waals surface area contributed by atoms with Crippen LogP contribution in [0.15, 0.2) is 168 Å². The summed E-state index contributed by atoms with van der Waals surface area (Å²) >= 11 is 0. The Balaban J connectivity index is 1.26. The van der Waals surface area contributed by atoms with Crippen molar-refractivity contribution in [3.8, 4) is 33.4 Å². The van der Waals surface area contributed by atoms with Crippen molar-refractivity contribution in [2.45, 2.75) is 0 Å². The molecule has 0 saturated heterocycles. The minimum Gasteiger partial charge on any atom is -0.455 e. The molecule has 0 amide bonds. The van der Waals surface area contributed by atoms with Crippen LogP contribution in [0.2, 0.25) is 0 Å². The van der Waals surface area contributed by atoms with Gasteiger partial charge in [-0.05, 0) is 78.8 Å². The van der Waals surface area contributed by atoms with Gasteiger partial charge in [0.2, 0.25) is 0 Å². The van der Waals surface area contributed by atoms with Crippen molar-refractivity contribution in [2.75, 3.05) is 0 Å². The van der Waals surface area contributed by atoms with E-state index < -0.39 is 0 Å². The molecule has 4 nitrogen and oxygen atoms in total. The van der Waals surface area contributed by atoms with Gasteiger partial charge in [-0.1, -0.05) is 140 Å². The van der Waals surface area contributed by atoms with Gasteiger partial charge >= 0.3 is 0 Å². The molecular formula is C46H27NO3. The number of nitro benzene ring substituents is 1. The fourth-order valence-electron chi connectivity index (χ4n) is 8.10. The molecule has 0 spiro atoms. The molecule has 0 aliphatic heterocycles. The molecule has 10 aromatic rings. The van der Waals surface area contributed by atoms with E-state index in [1.807, 2.05) is 48.5 Å². The molecule has 10 rings (SSSR count). The van der Waals surface area contributed by atoms with Gasteiger partial charge in [0.25, 0.3) is 5.69 Å². The maximum absolute atomic E-state index is 12.4. The average molecular weight is 642 g/mol. The molecule has 4 heteroatoms. The summed E-state index contributed by atoms with van der Waals surface area (Å²) in [7, 11) is 0. The van der Waals surface area contributed by atoms with Crippen LogP contribution < -0.4 is 0 Å². The van der Waals surface area contributed by atoms with Crippen molar-refractivity contribution in [2.24, 2.45) is 0 Å². The summed E-state index contributed by atoms with van der Waals surface area (Å²) in [6, 6.07) is 56.0.